The molecule has 1 fully saturated rings. The summed E-state index contributed by atoms with van der Waals surface area (Å²) in [5.74, 6) is 1.95. The van der Waals surface area contributed by atoms with Crippen LogP contribution in [-0.4, -0.2) is 45.9 Å². The first-order valence-corrected chi connectivity index (χ1v) is 9.82. The fourth-order valence-corrected chi connectivity index (χ4v) is 3.63. The van der Waals surface area contributed by atoms with Crippen LogP contribution < -0.4 is 10.6 Å². The largest absolute Gasteiger partial charge is 0.393 e. The van der Waals surface area contributed by atoms with Gasteiger partial charge in [0.05, 0.1) is 17.1 Å². The number of nitrogens with zero attached hydrogens (tertiary/aromatic N) is 3. The monoisotopic (exact) mass is 357 g/mol. The van der Waals surface area contributed by atoms with E-state index < -0.39 is 0 Å². The third-order valence-corrected chi connectivity index (χ3v) is 5.04. The van der Waals surface area contributed by atoms with Crippen molar-refractivity contribution in [2.24, 2.45) is 4.99 Å². The summed E-state index contributed by atoms with van der Waals surface area (Å²) in [6.45, 7) is 6.70. The number of fused-ring (bicyclic) bond motifs is 1. The van der Waals surface area contributed by atoms with E-state index in [1.165, 1.54) is 5.52 Å². The highest BCUT2D eigenvalue weighted by molar-refractivity contribution is 5.80. The van der Waals surface area contributed by atoms with Gasteiger partial charge >= 0.3 is 0 Å². The molecule has 26 heavy (non-hydrogen) atoms. The van der Waals surface area contributed by atoms with Crippen LogP contribution in [0.15, 0.2) is 29.3 Å². The number of rotatable bonds is 6. The molecule has 1 aromatic heterocycles. The lowest BCUT2D eigenvalue weighted by atomic mass is 9.93. The van der Waals surface area contributed by atoms with Crippen molar-refractivity contribution in [1.82, 2.24) is 20.2 Å². The number of aromatic nitrogens is 2. The Balaban J connectivity index is 1.54. The summed E-state index contributed by atoms with van der Waals surface area (Å²) in [4.78, 5) is 9.36. The van der Waals surface area contributed by atoms with E-state index in [-0.39, 0.29) is 6.10 Å². The van der Waals surface area contributed by atoms with Gasteiger partial charge in [-0.15, -0.1) is 0 Å². The van der Waals surface area contributed by atoms with Gasteiger partial charge in [-0.05, 0) is 58.1 Å². The van der Waals surface area contributed by atoms with E-state index in [9.17, 15) is 5.11 Å². The molecular weight excluding hydrogens is 326 g/mol. The SMILES string of the molecule is CCNC(=NCCCn1c(C)nc2ccccc21)NC1CCC(O)CC1. The van der Waals surface area contributed by atoms with Crippen LogP contribution in [0.3, 0.4) is 0 Å². The molecule has 0 amide bonds. The van der Waals surface area contributed by atoms with Crippen LogP contribution in [0.4, 0.5) is 0 Å². The lowest BCUT2D eigenvalue weighted by Crippen LogP contribution is -2.45. The van der Waals surface area contributed by atoms with Crippen LogP contribution in [0.2, 0.25) is 0 Å². The maximum Gasteiger partial charge on any atom is 0.191 e. The topological polar surface area (TPSA) is 74.5 Å². The first-order valence-electron chi connectivity index (χ1n) is 9.82. The second-order valence-corrected chi connectivity index (χ2v) is 7.06. The number of hydrogen-bond acceptors (Lipinski definition) is 3. The Hall–Kier alpha value is -2.08. The maximum absolute atomic E-state index is 9.64. The summed E-state index contributed by atoms with van der Waals surface area (Å²) >= 11 is 0. The Morgan fingerprint density at radius 2 is 2.04 bits per heavy atom. The molecule has 0 saturated heterocycles. The van der Waals surface area contributed by atoms with Crippen molar-refractivity contribution in [1.29, 1.82) is 0 Å². The normalized spacial score (nSPS) is 21.1. The second-order valence-electron chi connectivity index (χ2n) is 7.06. The molecule has 0 spiro atoms. The van der Waals surface area contributed by atoms with Crippen molar-refractivity contribution < 1.29 is 5.11 Å². The summed E-state index contributed by atoms with van der Waals surface area (Å²) in [6.07, 6.45) is 4.62. The van der Waals surface area contributed by atoms with E-state index in [0.717, 1.165) is 69.0 Å². The van der Waals surface area contributed by atoms with Crippen LogP contribution in [-0.2, 0) is 6.54 Å². The number of aliphatic hydroxyl groups is 1. The average Bonchev–Trinajstić information content (AvgIpc) is 2.96. The molecule has 3 N–H and O–H groups in total. The molecule has 0 bridgehead atoms. The van der Waals surface area contributed by atoms with Crippen LogP contribution in [0.5, 0.6) is 0 Å². The standard InChI is InChI=1S/C20H31N5O/c1-3-21-20(24-16-9-11-17(26)12-10-16)22-13-6-14-25-15(2)23-18-7-4-5-8-19(18)25/h4-5,7-8,16-17,26H,3,6,9-14H2,1-2H3,(H2,21,22,24). The van der Waals surface area contributed by atoms with Crippen LogP contribution in [0.1, 0.15) is 44.9 Å². The Labute approximate surface area is 155 Å². The first-order chi connectivity index (χ1) is 12.7. The Kier molecular flexibility index (Phi) is 6.50. The van der Waals surface area contributed by atoms with Gasteiger partial charge in [-0.25, -0.2) is 4.98 Å². The molecular formula is C20H31N5O. The Morgan fingerprint density at radius 3 is 2.81 bits per heavy atom. The number of aliphatic hydroxyl groups excluding tert-OH is 1. The van der Waals surface area contributed by atoms with Gasteiger partial charge in [-0.2, -0.15) is 0 Å². The number of guanidine groups is 1. The highest BCUT2D eigenvalue weighted by Crippen LogP contribution is 2.18. The van der Waals surface area contributed by atoms with E-state index in [1.807, 2.05) is 6.07 Å². The van der Waals surface area contributed by atoms with Gasteiger partial charge in [0, 0.05) is 25.7 Å². The fourth-order valence-electron chi connectivity index (χ4n) is 3.63. The fraction of sp³-hybridized carbons (Fsp3) is 0.600. The molecule has 1 aliphatic rings. The zero-order valence-corrected chi connectivity index (χ0v) is 15.9. The molecule has 6 heteroatoms. The number of aryl methyl sites for hydroxylation is 2. The number of nitrogens with one attached hydrogen (secondary N) is 2. The quantitative estimate of drug-likeness (QED) is 0.422. The van der Waals surface area contributed by atoms with E-state index >= 15 is 0 Å². The Morgan fingerprint density at radius 1 is 1.27 bits per heavy atom. The molecule has 0 aliphatic heterocycles. The first kappa shape index (κ1) is 18.7. The van der Waals surface area contributed by atoms with Gasteiger partial charge < -0.3 is 20.3 Å². The minimum absolute atomic E-state index is 0.124. The third kappa shape index (κ3) is 4.75. The minimum Gasteiger partial charge on any atom is -0.393 e. The molecule has 0 atom stereocenters. The summed E-state index contributed by atoms with van der Waals surface area (Å²) in [5.41, 5.74) is 2.25. The third-order valence-electron chi connectivity index (χ3n) is 5.04. The van der Waals surface area contributed by atoms with Crippen molar-refractivity contribution in [3.05, 3.63) is 30.1 Å². The zero-order valence-electron chi connectivity index (χ0n) is 15.9. The van der Waals surface area contributed by atoms with Crippen molar-refractivity contribution >= 4 is 17.0 Å². The van der Waals surface area contributed by atoms with E-state index in [4.69, 9.17) is 4.99 Å². The van der Waals surface area contributed by atoms with Gasteiger partial charge in [0.25, 0.3) is 0 Å². The minimum atomic E-state index is -0.124. The van der Waals surface area contributed by atoms with E-state index in [1.54, 1.807) is 0 Å². The lowest BCUT2D eigenvalue weighted by Gasteiger charge is -2.27. The predicted octanol–water partition coefficient (Wildman–Crippen LogP) is 2.59. The summed E-state index contributed by atoms with van der Waals surface area (Å²) in [6, 6.07) is 8.69. The van der Waals surface area contributed by atoms with Gasteiger partial charge in [-0.3, -0.25) is 4.99 Å². The average molecular weight is 358 g/mol. The van der Waals surface area contributed by atoms with Crippen molar-refractivity contribution in [3.8, 4) is 0 Å². The molecule has 1 saturated carbocycles. The van der Waals surface area contributed by atoms with Gasteiger partial charge in [0.2, 0.25) is 0 Å². The molecule has 1 aromatic carbocycles. The number of benzene rings is 1. The maximum atomic E-state index is 9.64. The van der Waals surface area contributed by atoms with E-state index in [0.29, 0.717) is 6.04 Å². The van der Waals surface area contributed by atoms with Crippen molar-refractivity contribution in [3.63, 3.8) is 0 Å². The number of para-hydroxylation sites is 2. The van der Waals surface area contributed by atoms with Gasteiger partial charge in [-0.1, -0.05) is 12.1 Å². The van der Waals surface area contributed by atoms with Crippen LogP contribution >= 0.6 is 0 Å². The molecule has 2 aromatic rings. The highest BCUT2D eigenvalue weighted by atomic mass is 16.3. The molecule has 142 valence electrons. The second kappa shape index (κ2) is 9.03. The van der Waals surface area contributed by atoms with Crippen molar-refractivity contribution in [2.75, 3.05) is 13.1 Å². The highest BCUT2D eigenvalue weighted by Gasteiger charge is 2.19. The predicted molar refractivity (Wildman–Crippen MR) is 106 cm³/mol. The summed E-state index contributed by atoms with van der Waals surface area (Å²) in [5, 5.41) is 16.5. The molecule has 3 rings (SSSR count). The van der Waals surface area contributed by atoms with Crippen LogP contribution in [0.25, 0.3) is 11.0 Å². The lowest BCUT2D eigenvalue weighted by molar-refractivity contribution is 0.120. The number of imidazole rings is 1. The molecule has 6 nitrogen and oxygen atoms in total. The van der Waals surface area contributed by atoms with E-state index in [2.05, 4.69) is 52.2 Å². The zero-order chi connectivity index (χ0) is 18.4. The number of aliphatic imine (C=N–C) groups is 1. The molecule has 1 aliphatic carbocycles. The summed E-state index contributed by atoms with van der Waals surface area (Å²) < 4.78 is 2.27. The van der Waals surface area contributed by atoms with Crippen LogP contribution in [0, 0.1) is 6.92 Å². The van der Waals surface area contributed by atoms with Gasteiger partial charge in [0.15, 0.2) is 5.96 Å². The molecule has 1 heterocycles. The van der Waals surface area contributed by atoms with Gasteiger partial charge in [0.1, 0.15) is 5.82 Å². The Bertz CT molecular complexity index is 731. The smallest absolute Gasteiger partial charge is 0.191 e. The molecule has 0 unspecified atom stereocenters. The number of hydrogen-bond donors (Lipinski definition) is 3. The van der Waals surface area contributed by atoms with Crippen molar-refractivity contribution in [2.45, 2.75) is 64.6 Å². The summed E-state index contributed by atoms with van der Waals surface area (Å²) in [7, 11) is 0. The molecule has 0 radical (unpaired) electrons.